The second kappa shape index (κ2) is 7.70. The van der Waals surface area contributed by atoms with Crippen LogP contribution < -0.4 is 11.1 Å². The highest BCUT2D eigenvalue weighted by molar-refractivity contribution is 6.12. The van der Waals surface area contributed by atoms with Gasteiger partial charge in [0.25, 0.3) is 0 Å². The van der Waals surface area contributed by atoms with Crippen LogP contribution in [-0.4, -0.2) is 10.7 Å². The lowest BCUT2D eigenvalue weighted by atomic mass is 10.0. The van der Waals surface area contributed by atoms with E-state index in [4.69, 9.17) is 11.1 Å². The Kier molecular flexibility index (Phi) is 5.17. The molecule has 0 amide bonds. The van der Waals surface area contributed by atoms with Crippen LogP contribution in [0.4, 0.5) is 20.2 Å². The molecule has 5 N–H and O–H groups in total. The number of aromatic amines is 1. The molecule has 0 spiro atoms. The van der Waals surface area contributed by atoms with Crippen molar-refractivity contribution in [3.05, 3.63) is 95.8 Å². The molecule has 6 heteroatoms. The molecule has 1 heterocycles. The summed E-state index contributed by atoms with van der Waals surface area (Å²) in [7, 11) is 0. The Morgan fingerprint density at radius 1 is 1.15 bits per heavy atom. The summed E-state index contributed by atoms with van der Waals surface area (Å²) < 4.78 is 27.2. The van der Waals surface area contributed by atoms with Gasteiger partial charge in [-0.1, -0.05) is 24.8 Å². The SMILES string of the molecule is C=C(Nc1cc(C(=N)/C=C/c2ccc(F)cc2)c(N)cc1F)c1ccc[nH]1. The van der Waals surface area contributed by atoms with E-state index in [0.29, 0.717) is 11.3 Å². The molecule has 0 atom stereocenters. The first-order valence-corrected chi connectivity index (χ1v) is 8.15. The van der Waals surface area contributed by atoms with Crippen molar-refractivity contribution in [1.82, 2.24) is 4.98 Å². The highest BCUT2D eigenvalue weighted by Gasteiger charge is 2.12. The minimum atomic E-state index is -0.542. The molecular formula is C21H18F2N4. The van der Waals surface area contributed by atoms with E-state index in [9.17, 15) is 8.78 Å². The normalized spacial score (nSPS) is 10.9. The molecule has 0 aliphatic carbocycles. The van der Waals surface area contributed by atoms with E-state index >= 15 is 0 Å². The van der Waals surface area contributed by atoms with E-state index in [1.54, 1.807) is 30.5 Å². The number of halogens is 2. The molecule has 0 radical (unpaired) electrons. The molecule has 0 aliphatic heterocycles. The van der Waals surface area contributed by atoms with E-state index in [-0.39, 0.29) is 22.9 Å². The number of rotatable bonds is 6. The number of nitrogens with one attached hydrogen (secondary N) is 3. The summed E-state index contributed by atoms with van der Waals surface area (Å²) in [5.74, 6) is -0.873. The molecule has 136 valence electrons. The number of anilines is 2. The van der Waals surface area contributed by atoms with Gasteiger partial charge in [0.2, 0.25) is 0 Å². The molecule has 0 fully saturated rings. The van der Waals surface area contributed by atoms with Crippen molar-refractivity contribution in [1.29, 1.82) is 5.41 Å². The third kappa shape index (κ3) is 4.30. The van der Waals surface area contributed by atoms with E-state index in [2.05, 4.69) is 16.9 Å². The van der Waals surface area contributed by atoms with Gasteiger partial charge < -0.3 is 21.4 Å². The molecule has 0 saturated heterocycles. The lowest BCUT2D eigenvalue weighted by Crippen LogP contribution is -2.06. The number of hydrogen-bond acceptors (Lipinski definition) is 3. The third-order valence-electron chi connectivity index (χ3n) is 3.95. The van der Waals surface area contributed by atoms with E-state index in [1.165, 1.54) is 30.3 Å². The van der Waals surface area contributed by atoms with Gasteiger partial charge in [0.1, 0.15) is 11.6 Å². The van der Waals surface area contributed by atoms with E-state index in [1.807, 2.05) is 6.07 Å². The molecular weight excluding hydrogens is 346 g/mol. The predicted molar refractivity (Wildman–Crippen MR) is 107 cm³/mol. The maximum Gasteiger partial charge on any atom is 0.148 e. The summed E-state index contributed by atoms with van der Waals surface area (Å²) >= 11 is 0. The van der Waals surface area contributed by atoms with E-state index in [0.717, 1.165) is 11.3 Å². The van der Waals surface area contributed by atoms with Crippen LogP contribution in [0.2, 0.25) is 0 Å². The van der Waals surface area contributed by atoms with Gasteiger partial charge in [-0.05, 0) is 48.0 Å². The van der Waals surface area contributed by atoms with Crippen molar-refractivity contribution in [2.75, 3.05) is 11.1 Å². The Balaban J connectivity index is 1.83. The van der Waals surface area contributed by atoms with Gasteiger partial charge in [-0.3, -0.25) is 0 Å². The number of allylic oxidation sites excluding steroid dienone is 1. The monoisotopic (exact) mass is 364 g/mol. The number of H-pyrrole nitrogens is 1. The highest BCUT2D eigenvalue weighted by Crippen LogP contribution is 2.26. The number of nitrogens with two attached hydrogens (primary N) is 1. The average molecular weight is 364 g/mol. The molecule has 0 aliphatic rings. The van der Waals surface area contributed by atoms with Crippen molar-refractivity contribution in [3.8, 4) is 0 Å². The topological polar surface area (TPSA) is 77.7 Å². The maximum atomic E-state index is 14.3. The number of aromatic nitrogens is 1. The number of hydrogen-bond donors (Lipinski definition) is 4. The summed E-state index contributed by atoms with van der Waals surface area (Å²) in [6, 6.07) is 12.1. The Morgan fingerprint density at radius 2 is 1.89 bits per heavy atom. The Labute approximate surface area is 155 Å². The zero-order chi connectivity index (χ0) is 19.4. The second-order valence-electron chi connectivity index (χ2n) is 5.91. The Bertz CT molecular complexity index is 1000. The zero-order valence-corrected chi connectivity index (χ0v) is 14.4. The summed E-state index contributed by atoms with van der Waals surface area (Å²) in [6.07, 6.45) is 4.93. The smallest absolute Gasteiger partial charge is 0.148 e. The molecule has 3 rings (SSSR count). The summed E-state index contributed by atoms with van der Waals surface area (Å²) in [5.41, 5.74) is 8.62. The van der Waals surface area contributed by atoms with Gasteiger partial charge in [-0.2, -0.15) is 0 Å². The Morgan fingerprint density at radius 3 is 2.56 bits per heavy atom. The zero-order valence-electron chi connectivity index (χ0n) is 14.4. The molecule has 0 saturated carbocycles. The third-order valence-corrected chi connectivity index (χ3v) is 3.95. The van der Waals surface area contributed by atoms with Crippen LogP contribution in [0.25, 0.3) is 11.8 Å². The molecule has 3 aromatic rings. The van der Waals surface area contributed by atoms with Gasteiger partial charge in [0.15, 0.2) is 0 Å². The fraction of sp³-hybridized carbons (Fsp3) is 0. The van der Waals surface area contributed by atoms with Crippen LogP contribution >= 0.6 is 0 Å². The largest absolute Gasteiger partial charge is 0.398 e. The minimum Gasteiger partial charge on any atom is -0.398 e. The average Bonchev–Trinajstić information content (AvgIpc) is 3.18. The second-order valence-corrected chi connectivity index (χ2v) is 5.91. The lowest BCUT2D eigenvalue weighted by Gasteiger charge is -2.13. The van der Waals surface area contributed by atoms with Crippen LogP contribution in [-0.2, 0) is 0 Å². The van der Waals surface area contributed by atoms with E-state index < -0.39 is 5.82 Å². The molecule has 1 aromatic heterocycles. The number of nitrogen functional groups attached to an aromatic ring is 1. The van der Waals surface area contributed by atoms with Crippen molar-refractivity contribution >= 4 is 28.9 Å². The van der Waals surface area contributed by atoms with Crippen molar-refractivity contribution < 1.29 is 8.78 Å². The van der Waals surface area contributed by atoms with Gasteiger partial charge in [0.05, 0.1) is 22.8 Å². The summed E-state index contributed by atoms with van der Waals surface area (Å²) in [5, 5.41) is 11.1. The predicted octanol–water partition coefficient (Wildman–Crippen LogP) is 5.04. The lowest BCUT2D eigenvalue weighted by molar-refractivity contribution is 0.627. The molecule has 27 heavy (non-hydrogen) atoms. The highest BCUT2D eigenvalue weighted by atomic mass is 19.1. The van der Waals surface area contributed by atoms with Crippen molar-refractivity contribution in [2.24, 2.45) is 0 Å². The first kappa shape index (κ1) is 18.1. The quantitative estimate of drug-likeness (QED) is 0.365. The van der Waals surface area contributed by atoms with Crippen LogP contribution in [0, 0.1) is 17.0 Å². The van der Waals surface area contributed by atoms with Gasteiger partial charge in [0, 0.05) is 17.4 Å². The minimum absolute atomic E-state index is 0.102. The first-order valence-electron chi connectivity index (χ1n) is 8.15. The Hall–Kier alpha value is -3.67. The molecule has 0 unspecified atom stereocenters. The van der Waals surface area contributed by atoms with Crippen LogP contribution in [0.15, 0.2) is 67.4 Å². The fourth-order valence-electron chi connectivity index (χ4n) is 2.51. The van der Waals surface area contributed by atoms with Gasteiger partial charge in [-0.25, -0.2) is 8.78 Å². The number of benzene rings is 2. The van der Waals surface area contributed by atoms with Crippen molar-refractivity contribution in [3.63, 3.8) is 0 Å². The summed E-state index contributed by atoms with van der Waals surface area (Å²) in [6.45, 7) is 3.88. The van der Waals surface area contributed by atoms with Crippen LogP contribution in [0.1, 0.15) is 16.8 Å². The van der Waals surface area contributed by atoms with Crippen LogP contribution in [0.3, 0.4) is 0 Å². The summed E-state index contributed by atoms with van der Waals surface area (Å²) in [4.78, 5) is 2.98. The molecule has 4 nitrogen and oxygen atoms in total. The van der Waals surface area contributed by atoms with Gasteiger partial charge >= 0.3 is 0 Å². The molecule has 2 aromatic carbocycles. The maximum absolute atomic E-state index is 14.3. The molecule has 0 bridgehead atoms. The van der Waals surface area contributed by atoms with Crippen molar-refractivity contribution in [2.45, 2.75) is 0 Å². The van der Waals surface area contributed by atoms with Gasteiger partial charge in [-0.15, -0.1) is 0 Å². The first-order chi connectivity index (χ1) is 12.9. The van der Waals surface area contributed by atoms with Crippen LogP contribution in [0.5, 0.6) is 0 Å². The standard InChI is InChI=1S/C21H18F2N4/c1-13(20-3-2-10-26-20)27-21-11-16(19(25)12-17(21)23)18(24)9-6-14-4-7-15(22)8-5-14/h2-12,24,26-27H,1,25H2/b9-6+,24-18?. The fourth-order valence-corrected chi connectivity index (χ4v) is 2.51.